The monoisotopic (exact) mass is 299 g/mol. The van der Waals surface area contributed by atoms with Crippen molar-refractivity contribution in [3.63, 3.8) is 0 Å². The molecule has 0 bridgehead atoms. The van der Waals surface area contributed by atoms with Crippen LogP contribution in [0.4, 0.5) is 0 Å². The average Bonchev–Trinajstić information content (AvgIpc) is 2.96. The summed E-state index contributed by atoms with van der Waals surface area (Å²) < 4.78 is 11.8. The molecule has 3 saturated heterocycles. The number of carbonyl (C=O) groups excluding carboxylic acids is 1. The molecule has 0 radical (unpaired) electrons. The van der Waals surface area contributed by atoms with Crippen LogP contribution in [0.3, 0.4) is 0 Å². The van der Waals surface area contributed by atoms with E-state index in [1.165, 1.54) is 0 Å². The van der Waals surface area contributed by atoms with Gasteiger partial charge in [0, 0.05) is 19.1 Å². The maximum absolute atomic E-state index is 12.7. The van der Waals surface area contributed by atoms with Gasteiger partial charge in [-0.1, -0.05) is 0 Å². The molecule has 4 nitrogen and oxygen atoms in total. The first kappa shape index (κ1) is 14.8. The molecule has 2 N–H and O–H groups in total. The van der Waals surface area contributed by atoms with Gasteiger partial charge in [-0.2, -0.15) is 11.8 Å². The largest absolute Gasteiger partial charge is 0.375 e. The highest BCUT2D eigenvalue weighted by Crippen LogP contribution is 2.41. The van der Waals surface area contributed by atoms with Gasteiger partial charge < -0.3 is 15.2 Å². The third kappa shape index (κ3) is 3.06. The molecule has 3 fully saturated rings. The van der Waals surface area contributed by atoms with Crippen LogP contribution in [0.2, 0.25) is 0 Å². The normalized spacial score (nSPS) is 37.1. The van der Waals surface area contributed by atoms with E-state index in [2.05, 4.69) is 0 Å². The molecule has 3 aliphatic rings. The number of rotatable bonds is 3. The number of Topliss-reactive ketones (excluding diaryl/α,β-unsaturated/α-hetero) is 1. The zero-order valence-corrected chi connectivity index (χ0v) is 12.8. The molecule has 1 spiro atoms. The topological polar surface area (TPSA) is 61.6 Å². The smallest absolute Gasteiger partial charge is 0.164 e. The van der Waals surface area contributed by atoms with Crippen molar-refractivity contribution in [1.82, 2.24) is 0 Å². The number of hydrogen-bond acceptors (Lipinski definition) is 5. The second-order valence-corrected chi connectivity index (χ2v) is 7.52. The minimum absolute atomic E-state index is 0.0182. The Hall–Kier alpha value is -0.100. The maximum atomic E-state index is 12.7. The van der Waals surface area contributed by atoms with Crippen LogP contribution in [-0.2, 0) is 14.3 Å². The summed E-state index contributed by atoms with van der Waals surface area (Å²) in [4.78, 5) is 12.7. The molecule has 0 aromatic heterocycles. The second-order valence-electron chi connectivity index (χ2n) is 6.30. The van der Waals surface area contributed by atoms with Crippen LogP contribution in [0.1, 0.15) is 38.5 Å². The Morgan fingerprint density at radius 2 is 2.05 bits per heavy atom. The molecule has 3 atom stereocenters. The SMILES string of the molecule is NCC1CCC(C(=O)C2CCOC3(CCSCC3)C2)O1. The van der Waals surface area contributed by atoms with E-state index in [0.29, 0.717) is 12.3 Å². The van der Waals surface area contributed by atoms with Crippen LogP contribution in [0, 0.1) is 5.92 Å². The Balaban J connectivity index is 1.60. The summed E-state index contributed by atoms with van der Waals surface area (Å²) in [6.07, 6.45) is 5.61. The molecule has 0 saturated carbocycles. The lowest BCUT2D eigenvalue weighted by molar-refractivity contribution is -0.147. The van der Waals surface area contributed by atoms with E-state index in [0.717, 1.165) is 56.6 Å². The first-order chi connectivity index (χ1) is 9.72. The van der Waals surface area contributed by atoms with Gasteiger partial charge in [0.15, 0.2) is 5.78 Å². The molecule has 3 aliphatic heterocycles. The summed E-state index contributed by atoms with van der Waals surface area (Å²) >= 11 is 2.00. The predicted molar refractivity (Wildman–Crippen MR) is 79.9 cm³/mol. The summed E-state index contributed by atoms with van der Waals surface area (Å²) in [7, 11) is 0. The van der Waals surface area contributed by atoms with E-state index < -0.39 is 0 Å². The summed E-state index contributed by atoms with van der Waals surface area (Å²) in [5, 5.41) is 0. The van der Waals surface area contributed by atoms with Crippen molar-refractivity contribution in [3.05, 3.63) is 0 Å². The molecule has 114 valence electrons. The highest BCUT2D eigenvalue weighted by molar-refractivity contribution is 7.99. The molecular formula is C15H25NO3S. The van der Waals surface area contributed by atoms with Crippen LogP contribution in [0.25, 0.3) is 0 Å². The summed E-state index contributed by atoms with van der Waals surface area (Å²) in [5.74, 6) is 2.77. The first-order valence-corrected chi connectivity index (χ1v) is 8.99. The highest BCUT2D eigenvalue weighted by Gasteiger charge is 2.43. The van der Waals surface area contributed by atoms with Crippen LogP contribution in [0.15, 0.2) is 0 Å². The third-order valence-corrected chi connectivity index (χ3v) is 5.97. The molecule has 0 aromatic carbocycles. The number of hydrogen-bond donors (Lipinski definition) is 1. The molecule has 20 heavy (non-hydrogen) atoms. The minimum atomic E-state index is -0.207. The van der Waals surface area contributed by atoms with Gasteiger partial charge in [-0.25, -0.2) is 0 Å². The Morgan fingerprint density at radius 3 is 2.75 bits per heavy atom. The maximum Gasteiger partial charge on any atom is 0.164 e. The zero-order chi connectivity index (χ0) is 14.0. The van der Waals surface area contributed by atoms with Crippen molar-refractivity contribution in [2.24, 2.45) is 11.7 Å². The number of thioether (sulfide) groups is 1. The van der Waals surface area contributed by atoms with Gasteiger partial charge in [0.25, 0.3) is 0 Å². The fourth-order valence-corrected chi connectivity index (χ4v) is 4.95. The Labute approximate surface area is 125 Å². The summed E-state index contributed by atoms with van der Waals surface area (Å²) in [6, 6.07) is 0. The summed E-state index contributed by atoms with van der Waals surface area (Å²) in [5.41, 5.74) is 5.61. The van der Waals surface area contributed by atoms with Crippen molar-refractivity contribution >= 4 is 17.5 Å². The van der Waals surface area contributed by atoms with Crippen LogP contribution >= 0.6 is 11.8 Å². The summed E-state index contributed by atoms with van der Waals surface area (Å²) in [6.45, 7) is 1.26. The van der Waals surface area contributed by atoms with Crippen LogP contribution < -0.4 is 5.73 Å². The quantitative estimate of drug-likeness (QED) is 0.860. The lowest BCUT2D eigenvalue weighted by Gasteiger charge is -2.43. The molecular weight excluding hydrogens is 274 g/mol. The molecule has 3 heterocycles. The number of nitrogens with two attached hydrogens (primary N) is 1. The fraction of sp³-hybridized carbons (Fsp3) is 0.933. The predicted octanol–water partition coefficient (Wildman–Crippen LogP) is 1.75. The van der Waals surface area contributed by atoms with Crippen molar-refractivity contribution in [2.75, 3.05) is 24.7 Å². The standard InChI is InChI=1S/C15H25NO3S/c16-10-12-1-2-13(19-12)14(17)11-3-6-18-15(9-11)4-7-20-8-5-15/h11-13H,1-10,16H2. The Morgan fingerprint density at radius 1 is 1.25 bits per heavy atom. The average molecular weight is 299 g/mol. The van der Waals surface area contributed by atoms with Crippen molar-refractivity contribution < 1.29 is 14.3 Å². The van der Waals surface area contributed by atoms with Crippen molar-refractivity contribution in [2.45, 2.75) is 56.3 Å². The molecule has 3 rings (SSSR count). The van der Waals surface area contributed by atoms with E-state index in [4.69, 9.17) is 15.2 Å². The van der Waals surface area contributed by atoms with E-state index >= 15 is 0 Å². The van der Waals surface area contributed by atoms with Crippen LogP contribution in [0.5, 0.6) is 0 Å². The minimum Gasteiger partial charge on any atom is -0.375 e. The van der Waals surface area contributed by atoms with Gasteiger partial charge in [-0.05, 0) is 50.0 Å². The lowest BCUT2D eigenvalue weighted by Crippen LogP contribution is -2.46. The lowest BCUT2D eigenvalue weighted by atomic mass is 9.79. The van der Waals surface area contributed by atoms with E-state index in [9.17, 15) is 4.79 Å². The number of ketones is 1. The van der Waals surface area contributed by atoms with Gasteiger partial charge in [0.2, 0.25) is 0 Å². The van der Waals surface area contributed by atoms with Gasteiger partial charge in [-0.3, -0.25) is 4.79 Å². The second kappa shape index (κ2) is 6.34. The van der Waals surface area contributed by atoms with E-state index in [1.54, 1.807) is 0 Å². The number of ether oxygens (including phenoxy) is 2. The molecule has 0 amide bonds. The van der Waals surface area contributed by atoms with Gasteiger partial charge in [0.1, 0.15) is 6.10 Å². The van der Waals surface area contributed by atoms with Crippen molar-refractivity contribution in [3.8, 4) is 0 Å². The van der Waals surface area contributed by atoms with Gasteiger partial charge >= 0.3 is 0 Å². The molecule has 3 unspecified atom stereocenters. The van der Waals surface area contributed by atoms with Crippen molar-refractivity contribution in [1.29, 1.82) is 0 Å². The Bertz CT molecular complexity index is 352. The first-order valence-electron chi connectivity index (χ1n) is 7.83. The fourth-order valence-electron chi connectivity index (χ4n) is 3.71. The van der Waals surface area contributed by atoms with Crippen LogP contribution in [-0.4, -0.2) is 48.2 Å². The zero-order valence-electron chi connectivity index (χ0n) is 12.0. The van der Waals surface area contributed by atoms with E-state index in [-0.39, 0.29) is 23.7 Å². The van der Waals surface area contributed by atoms with Gasteiger partial charge in [0.05, 0.1) is 11.7 Å². The molecule has 0 aromatic rings. The Kier molecular flexibility index (Phi) is 4.70. The van der Waals surface area contributed by atoms with E-state index in [1.807, 2.05) is 11.8 Å². The number of carbonyl (C=O) groups is 1. The molecule has 5 heteroatoms. The van der Waals surface area contributed by atoms with Gasteiger partial charge in [-0.15, -0.1) is 0 Å². The molecule has 0 aliphatic carbocycles. The highest BCUT2D eigenvalue weighted by atomic mass is 32.2. The third-order valence-electron chi connectivity index (χ3n) is 4.99.